The van der Waals surface area contributed by atoms with E-state index in [1.165, 1.54) is 11.1 Å². The Bertz CT molecular complexity index is 1170. The van der Waals surface area contributed by atoms with Crippen LogP contribution in [-0.2, 0) is 9.53 Å². The number of thiophene rings is 1. The Morgan fingerprint density at radius 1 is 0.938 bits per heavy atom. The highest BCUT2D eigenvalue weighted by Gasteiger charge is 2.18. The molecule has 6 heteroatoms. The first-order chi connectivity index (χ1) is 15.7. The summed E-state index contributed by atoms with van der Waals surface area (Å²) in [4.78, 5) is 24.2. The van der Waals surface area contributed by atoms with Gasteiger partial charge in [-0.25, -0.2) is 9.97 Å². The van der Waals surface area contributed by atoms with Gasteiger partial charge in [-0.3, -0.25) is 4.79 Å². The van der Waals surface area contributed by atoms with E-state index in [1.54, 1.807) is 17.7 Å². The van der Waals surface area contributed by atoms with Gasteiger partial charge in [0.2, 0.25) is 0 Å². The molecule has 0 amide bonds. The highest BCUT2D eigenvalue weighted by atomic mass is 32.1. The second-order valence-corrected chi connectivity index (χ2v) is 8.37. The van der Waals surface area contributed by atoms with Crippen LogP contribution in [0.25, 0.3) is 32.5 Å². The molecule has 0 N–H and O–H groups in total. The quantitative estimate of drug-likeness (QED) is 0.287. The number of ether oxygens (including phenoxy) is 1. The second kappa shape index (κ2) is 10.4. The van der Waals surface area contributed by atoms with Crippen LogP contribution in [0, 0.1) is 0 Å². The van der Waals surface area contributed by atoms with Gasteiger partial charge in [-0.15, -0.1) is 11.3 Å². The Balaban J connectivity index is 1.68. The minimum atomic E-state index is -0.180. The van der Waals surface area contributed by atoms with Crippen molar-refractivity contribution in [1.82, 2.24) is 9.97 Å². The van der Waals surface area contributed by atoms with Gasteiger partial charge in [-0.1, -0.05) is 61.5 Å². The zero-order valence-electron chi connectivity index (χ0n) is 18.5. The number of anilines is 1. The minimum absolute atomic E-state index is 0.180. The molecule has 0 aliphatic rings. The topological polar surface area (TPSA) is 55.3 Å². The predicted octanol–water partition coefficient (Wildman–Crippen LogP) is 6.19. The third-order valence-electron chi connectivity index (χ3n) is 5.34. The van der Waals surface area contributed by atoms with Crippen LogP contribution in [0.5, 0.6) is 0 Å². The highest BCUT2D eigenvalue weighted by Crippen LogP contribution is 2.38. The van der Waals surface area contributed by atoms with Crippen molar-refractivity contribution in [2.24, 2.45) is 0 Å². The smallest absolute Gasteiger partial charge is 0.307 e. The lowest BCUT2D eigenvalue weighted by Crippen LogP contribution is -2.28. The number of benzene rings is 2. The van der Waals surface area contributed by atoms with Crippen LogP contribution in [0.4, 0.5) is 5.82 Å². The number of fused-ring (bicyclic) bond motifs is 1. The van der Waals surface area contributed by atoms with Gasteiger partial charge in [-0.2, -0.15) is 0 Å². The molecule has 0 atom stereocenters. The van der Waals surface area contributed by atoms with Crippen molar-refractivity contribution in [2.75, 3.05) is 24.6 Å². The van der Waals surface area contributed by atoms with E-state index in [1.807, 2.05) is 13.0 Å². The van der Waals surface area contributed by atoms with Crippen LogP contribution in [0.1, 0.15) is 26.7 Å². The number of carbonyl (C=O) groups excluding carboxylic acids is 1. The normalized spacial score (nSPS) is 10.9. The molecule has 2 aromatic heterocycles. The number of esters is 1. The van der Waals surface area contributed by atoms with E-state index >= 15 is 0 Å². The van der Waals surface area contributed by atoms with E-state index in [0.29, 0.717) is 19.6 Å². The van der Waals surface area contributed by atoms with Crippen molar-refractivity contribution in [2.45, 2.75) is 26.7 Å². The molecule has 164 valence electrons. The average Bonchev–Trinajstić information content (AvgIpc) is 3.27. The molecule has 0 spiro atoms. The maximum absolute atomic E-state index is 12.0. The van der Waals surface area contributed by atoms with Crippen LogP contribution in [0.15, 0.2) is 66.3 Å². The van der Waals surface area contributed by atoms with Crippen molar-refractivity contribution in [3.8, 4) is 22.3 Å². The minimum Gasteiger partial charge on any atom is -0.466 e. The van der Waals surface area contributed by atoms with Crippen molar-refractivity contribution >= 4 is 33.3 Å². The van der Waals surface area contributed by atoms with Gasteiger partial charge >= 0.3 is 5.97 Å². The lowest BCUT2D eigenvalue weighted by molar-refractivity contribution is -0.142. The molecule has 0 saturated carbocycles. The molecular formula is C26H27N3O2S. The van der Waals surface area contributed by atoms with Crippen molar-refractivity contribution in [3.05, 3.63) is 66.3 Å². The number of hydrogen-bond donors (Lipinski definition) is 0. The van der Waals surface area contributed by atoms with E-state index < -0.39 is 0 Å². The molecule has 0 saturated heterocycles. The first-order valence-electron chi connectivity index (χ1n) is 11.0. The highest BCUT2D eigenvalue weighted by molar-refractivity contribution is 7.17. The Labute approximate surface area is 192 Å². The summed E-state index contributed by atoms with van der Waals surface area (Å²) in [6.07, 6.45) is 2.91. The molecule has 4 aromatic rings. The maximum atomic E-state index is 12.0. The molecule has 2 aromatic carbocycles. The molecule has 0 unspecified atom stereocenters. The Kier molecular flexibility index (Phi) is 7.12. The number of carbonyl (C=O) groups is 1. The molecule has 32 heavy (non-hydrogen) atoms. The summed E-state index contributed by atoms with van der Waals surface area (Å²) in [5.41, 5.74) is 4.64. The van der Waals surface area contributed by atoms with Gasteiger partial charge in [0.15, 0.2) is 0 Å². The van der Waals surface area contributed by atoms with Gasteiger partial charge in [0.1, 0.15) is 17.0 Å². The standard InChI is InChI=1S/C26H27N3O2S/c1-3-15-29(16-14-23(30)31-4-2)25-24-22(17-32-26(24)28-18-27-25)21-12-10-20(11-13-21)19-8-6-5-7-9-19/h5-13,17-18H,3-4,14-16H2,1-2H3. The summed E-state index contributed by atoms with van der Waals surface area (Å²) in [5.74, 6) is 0.700. The van der Waals surface area contributed by atoms with Gasteiger partial charge in [0.05, 0.1) is 18.4 Å². The third-order valence-corrected chi connectivity index (χ3v) is 6.22. The van der Waals surface area contributed by atoms with Gasteiger partial charge in [0.25, 0.3) is 0 Å². The van der Waals surface area contributed by atoms with Crippen molar-refractivity contribution in [3.63, 3.8) is 0 Å². The van der Waals surface area contributed by atoms with E-state index in [9.17, 15) is 4.79 Å². The number of nitrogens with zero attached hydrogens (tertiary/aromatic N) is 3. The summed E-state index contributed by atoms with van der Waals surface area (Å²) in [6, 6.07) is 19.0. The van der Waals surface area contributed by atoms with E-state index in [-0.39, 0.29) is 5.97 Å². The monoisotopic (exact) mass is 445 g/mol. The van der Waals surface area contributed by atoms with Crippen LogP contribution in [0.2, 0.25) is 0 Å². The van der Waals surface area contributed by atoms with Crippen LogP contribution >= 0.6 is 11.3 Å². The molecule has 0 aliphatic heterocycles. The molecule has 0 bridgehead atoms. The number of rotatable bonds is 9. The fourth-order valence-corrected chi connectivity index (χ4v) is 4.75. The summed E-state index contributed by atoms with van der Waals surface area (Å²) >= 11 is 1.62. The van der Waals surface area contributed by atoms with Crippen LogP contribution in [-0.4, -0.2) is 35.6 Å². The summed E-state index contributed by atoms with van der Waals surface area (Å²) < 4.78 is 5.12. The van der Waals surface area contributed by atoms with Gasteiger partial charge in [-0.05, 0) is 30.0 Å². The second-order valence-electron chi connectivity index (χ2n) is 7.51. The molecule has 4 rings (SSSR count). The zero-order valence-corrected chi connectivity index (χ0v) is 19.3. The summed E-state index contributed by atoms with van der Waals surface area (Å²) in [5, 5.41) is 3.19. The third kappa shape index (κ3) is 4.81. The van der Waals surface area contributed by atoms with E-state index in [0.717, 1.165) is 40.1 Å². The zero-order chi connectivity index (χ0) is 22.3. The Morgan fingerprint density at radius 3 is 2.38 bits per heavy atom. The van der Waals surface area contributed by atoms with E-state index in [2.05, 4.69) is 75.7 Å². The Hall–Kier alpha value is -3.25. The summed E-state index contributed by atoms with van der Waals surface area (Å²) in [7, 11) is 0. The molecule has 2 heterocycles. The molecule has 0 radical (unpaired) electrons. The molecule has 0 aliphatic carbocycles. The van der Waals surface area contributed by atoms with Crippen molar-refractivity contribution in [1.29, 1.82) is 0 Å². The molecular weight excluding hydrogens is 418 g/mol. The first-order valence-corrected chi connectivity index (χ1v) is 11.9. The van der Waals surface area contributed by atoms with Crippen LogP contribution < -0.4 is 4.90 Å². The predicted molar refractivity (Wildman–Crippen MR) is 132 cm³/mol. The lowest BCUT2D eigenvalue weighted by Gasteiger charge is -2.24. The SMILES string of the molecule is CCCN(CCC(=O)OCC)c1ncnc2scc(-c3ccc(-c4ccccc4)cc3)c12. The van der Waals surface area contributed by atoms with Crippen molar-refractivity contribution < 1.29 is 9.53 Å². The van der Waals surface area contributed by atoms with E-state index in [4.69, 9.17) is 4.74 Å². The van der Waals surface area contributed by atoms with Crippen LogP contribution in [0.3, 0.4) is 0 Å². The maximum Gasteiger partial charge on any atom is 0.307 e. The first kappa shape index (κ1) is 22.0. The molecule has 0 fully saturated rings. The lowest BCUT2D eigenvalue weighted by atomic mass is 10.0. The fourth-order valence-electron chi connectivity index (χ4n) is 3.84. The number of hydrogen-bond acceptors (Lipinski definition) is 6. The molecule has 5 nitrogen and oxygen atoms in total. The largest absolute Gasteiger partial charge is 0.466 e. The fraction of sp³-hybridized carbons (Fsp3) is 0.269. The average molecular weight is 446 g/mol. The van der Waals surface area contributed by atoms with Gasteiger partial charge in [0, 0.05) is 24.0 Å². The Morgan fingerprint density at radius 2 is 1.66 bits per heavy atom. The van der Waals surface area contributed by atoms with Gasteiger partial charge < -0.3 is 9.64 Å². The summed E-state index contributed by atoms with van der Waals surface area (Å²) in [6.45, 7) is 5.75. The number of aromatic nitrogens is 2.